The molecule has 162 valence electrons. The van der Waals surface area contributed by atoms with Gasteiger partial charge < -0.3 is 10.2 Å². The SMILES string of the molecule is O=C(C[C@@H]1C(=O)N(C2CC2)C(=S)N1CCc1ccc(Cl)cc1Cl)Nc1ccc(F)cc1. The Labute approximate surface area is 195 Å². The van der Waals surface area contributed by atoms with Gasteiger partial charge in [0.15, 0.2) is 5.11 Å². The molecule has 2 fully saturated rings. The summed E-state index contributed by atoms with van der Waals surface area (Å²) in [7, 11) is 0. The summed E-state index contributed by atoms with van der Waals surface area (Å²) in [6.45, 7) is 0.448. The van der Waals surface area contributed by atoms with Gasteiger partial charge >= 0.3 is 0 Å². The Bertz CT molecular complexity index is 1030. The van der Waals surface area contributed by atoms with E-state index < -0.39 is 6.04 Å². The monoisotopic (exact) mass is 479 g/mol. The lowest BCUT2D eigenvalue weighted by Gasteiger charge is -2.24. The number of amides is 2. The lowest BCUT2D eigenvalue weighted by molar-refractivity contribution is -0.131. The molecule has 1 aliphatic heterocycles. The van der Waals surface area contributed by atoms with E-state index >= 15 is 0 Å². The molecule has 1 saturated carbocycles. The zero-order valence-electron chi connectivity index (χ0n) is 16.5. The third-order valence-electron chi connectivity index (χ3n) is 5.41. The van der Waals surface area contributed by atoms with Crippen molar-refractivity contribution >= 4 is 58.0 Å². The second-order valence-corrected chi connectivity index (χ2v) is 8.88. The second kappa shape index (κ2) is 9.10. The number of hydrogen-bond acceptors (Lipinski definition) is 3. The van der Waals surface area contributed by atoms with E-state index in [2.05, 4.69) is 5.32 Å². The van der Waals surface area contributed by atoms with Crippen molar-refractivity contribution in [3.63, 3.8) is 0 Å². The van der Waals surface area contributed by atoms with E-state index in [0.717, 1.165) is 18.4 Å². The van der Waals surface area contributed by atoms with Gasteiger partial charge in [0.2, 0.25) is 5.91 Å². The maximum absolute atomic E-state index is 13.1. The van der Waals surface area contributed by atoms with Crippen LogP contribution in [0.15, 0.2) is 42.5 Å². The van der Waals surface area contributed by atoms with Gasteiger partial charge in [0.1, 0.15) is 11.9 Å². The molecule has 9 heteroatoms. The van der Waals surface area contributed by atoms with Crippen LogP contribution in [0.3, 0.4) is 0 Å². The largest absolute Gasteiger partial charge is 0.336 e. The van der Waals surface area contributed by atoms with Crippen LogP contribution in [0, 0.1) is 5.82 Å². The average Bonchev–Trinajstić information content (AvgIpc) is 3.52. The molecule has 1 N–H and O–H groups in total. The number of carbonyl (C=O) groups excluding carboxylic acids is 2. The molecule has 0 spiro atoms. The van der Waals surface area contributed by atoms with Crippen LogP contribution in [0.2, 0.25) is 10.0 Å². The fourth-order valence-electron chi connectivity index (χ4n) is 3.66. The van der Waals surface area contributed by atoms with Gasteiger partial charge in [-0.05, 0) is 73.4 Å². The number of rotatable bonds is 7. The standard InChI is InChI=1S/C22H20Cl2FN3O2S/c23-14-2-1-13(18(24)11-14)9-10-27-19(21(30)28(22(27)31)17-7-8-17)12-20(29)26-16-5-3-15(25)4-6-16/h1-6,11,17,19H,7-10,12H2,(H,26,29)/t19-/m1/s1. The highest BCUT2D eigenvalue weighted by atomic mass is 35.5. The molecule has 2 amide bonds. The van der Waals surface area contributed by atoms with Gasteiger partial charge in [0.05, 0.1) is 6.42 Å². The number of halogens is 3. The molecule has 2 aromatic carbocycles. The summed E-state index contributed by atoms with van der Waals surface area (Å²) in [5.74, 6) is -0.870. The fraction of sp³-hybridized carbons (Fsp3) is 0.318. The molecule has 1 saturated heterocycles. The average molecular weight is 480 g/mol. The Balaban J connectivity index is 1.48. The number of benzene rings is 2. The van der Waals surface area contributed by atoms with Gasteiger partial charge in [-0.2, -0.15) is 0 Å². The van der Waals surface area contributed by atoms with Crippen molar-refractivity contribution in [1.82, 2.24) is 9.80 Å². The molecule has 2 aromatic rings. The summed E-state index contributed by atoms with van der Waals surface area (Å²) < 4.78 is 13.1. The molecule has 0 radical (unpaired) electrons. The molecule has 31 heavy (non-hydrogen) atoms. The van der Waals surface area contributed by atoms with Gasteiger partial charge in [-0.25, -0.2) is 4.39 Å². The highest BCUT2D eigenvalue weighted by Gasteiger charge is 2.48. The predicted molar refractivity (Wildman–Crippen MR) is 123 cm³/mol. The maximum Gasteiger partial charge on any atom is 0.252 e. The minimum Gasteiger partial charge on any atom is -0.336 e. The van der Waals surface area contributed by atoms with Crippen molar-refractivity contribution in [1.29, 1.82) is 0 Å². The van der Waals surface area contributed by atoms with Crippen LogP contribution >= 0.6 is 35.4 Å². The van der Waals surface area contributed by atoms with E-state index in [0.29, 0.717) is 33.8 Å². The summed E-state index contributed by atoms with van der Waals surface area (Å²) in [6.07, 6.45) is 2.33. The topological polar surface area (TPSA) is 52.7 Å². The van der Waals surface area contributed by atoms with E-state index in [-0.39, 0.29) is 30.1 Å². The normalized spacial score (nSPS) is 18.6. The van der Waals surface area contributed by atoms with E-state index in [1.54, 1.807) is 17.0 Å². The van der Waals surface area contributed by atoms with Crippen molar-refractivity contribution in [2.45, 2.75) is 37.8 Å². The molecule has 2 aliphatic rings. The van der Waals surface area contributed by atoms with E-state index in [1.165, 1.54) is 24.3 Å². The number of anilines is 1. The van der Waals surface area contributed by atoms with Crippen LogP contribution in [-0.2, 0) is 16.0 Å². The summed E-state index contributed by atoms with van der Waals surface area (Å²) in [4.78, 5) is 29.2. The first kappa shape index (κ1) is 22.0. The number of thiocarbonyl (C=S) groups is 1. The van der Waals surface area contributed by atoms with Crippen LogP contribution in [0.5, 0.6) is 0 Å². The first-order valence-corrected chi connectivity index (χ1v) is 11.1. The Hall–Kier alpha value is -2.22. The highest BCUT2D eigenvalue weighted by molar-refractivity contribution is 7.80. The molecule has 4 rings (SSSR count). The highest BCUT2D eigenvalue weighted by Crippen LogP contribution is 2.34. The number of nitrogens with one attached hydrogen (secondary N) is 1. The van der Waals surface area contributed by atoms with Crippen LogP contribution in [0.25, 0.3) is 0 Å². The van der Waals surface area contributed by atoms with Crippen LogP contribution in [-0.4, -0.2) is 45.4 Å². The molecular formula is C22H20Cl2FN3O2S. The van der Waals surface area contributed by atoms with Crippen LogP contribution in [0.1, 0.15) is 24.8 Å². The van der Waals surface area contributed by atoms with Crippen molar-refractivity contribution in [2.75, 3.05) is 11.9 Å². The minimum absolute atomic E-state index is 0.0477. The quantitative estimate of drug-likeness (QED) is 0.586. The van der Waals surface area contributed by atoms with Crippen molar-refractivity contribution in [3.05, 3.63) is 63.9 Å². The molecular weight excluding hydrogens is 460 g/mol. The summed E-state index contributed by atoms with van der Waals surface area (Å²) in [5.41, 5.74) is 1.36. The van der Waals surface area contributed by atoms with Crippen molar-refractivity contribution < 1.29 is 14.0 Å². The van der Waals surface area contributed by atoms with Crippen LogP contribution in [0.4, 0.5) is 10.1 Å². The first-order chi connectivity index (χ1) is 14.8. The lowest BCUT2D eigenvalue weighted by atomic mass is 10.1. The van der Waals surface area contributed by atoms with Crippen LogP contribution < -0.4 is 5.32 Å². The zero-order chi connectivity index (χ0) is 22.1. The first-order valence-electron chi connectivity index (χ1n) is 9.96. The minimum atomic E-state index is -0.681. The molecule has 5 nitrogen and oxygen atoms in total. The third-order valence-corrected chi connectivity index (χ3v) is 6.42. The maximum atomic E-state index is 13.1. The molecule has 0 aromatic heterocycles. The predicted octanol–water partition coefficient (Wildman–Crippen LogP) is 4.66. The zero-order valence-corrected chi connectivity index (χ0v) is 18.8. The smallest absolute Gasteiger partial charge is 0.252 e. The summed E-state index contributed by atoms with van der Waals surface area (Å²) in [5, 5.41) is 4.28. The van der Waals surface area contributed by atoms with Crippen molar-refractivity contribution in [3.8, 4) is 0 Å². The molecule has 1 aliphatic carbocycles. The van der Waals surface area contributed by atoms with Gasteiger partial charge in [-0.3, -0.25) is 14.5 Å². The van der Waals surface area contributed by atoms with Gasteiger partial charge in [-0.15, -0.1) is 0 Å². The number of carbonyl (C=O) groups is 2. The van der Waals surface area contributed by atoms with E-state index in [9.17, 15) is 14.0 Å². The van der Waals surface area contributed by atoms with Gasteiger partial charge in [0.25, 0.3) is 5.91 Å². The molecule has 0 unspecified atom stereocenters. The van der Waals surface area contributed by atoms with E-state index in [1.807, 2.05) is 11.0 Å². The lowest BCUT2D eigenvalue weighted by Crippen LogP contribution is -2.39. The summed E-state index contributed by atoms with van der Waals surface area (Å²) >= 11 is 17.9. The van der Waals surface area contributed by atoms with Gasteiger partial charge in [-0.1, -0.05) is 29.3 Å². The van der Waals surface area contributed by atoms with Gasteiger partial charge in [0, 0.05) is 28.3 Å². The number of hydrogen-bond donors (Lipinski definition) is 1. The third kappa shape index (κ3) is 5.00. The number of nitrogens with zero attached hydrogens (tertiary/aromatic N) is 2. The van der Waals surface area contributed by atoms with E-state index in [4.69, 9.17) is 35.4 Å². The Morgan fingerprint density at radius 2 is 1.87 bits per heavy atom. The Morgan fingerprint density at radius 3 is 2.52 bits per heavy atom. The molecule has 1 atom stereocenters. The molecule has 1 heterocycles. The fourth-order valence-corrected chi connectivity index (χ4v) is 4.62. The Kier molecular flexibility index (Phi) is 6.46. The molecule has 0 bridgehead atoms. The summed E-state index contributed by atoms with van der Waals surface area (Å²) in [6, 6.07) is 10.2. The second-order valence-electron chi connectivity index (χ2n) is 7.68. The van der Waals surface area contributed by atoms with Crippen molar-refractivity contribution in [2.24, 2.45) is 0 Å². The Morgan fingerprint density at radius 1 is 1.16 bits per heavy atom.